The van der Waals surface area contributed by atoms with Crippen LogP contribution in [-0.2, 0) is 4.79 Å². The van der Waals surface area contributed by atoms with Crippen LogP contribution in [0.2, 0.25) is 0 Å². The first kappa shape index (κ1) is 12.7. The van der Waals surface area contributed by atoms with E-state index < -0.39 is 0 Å². The highest BCUT2D eigenvalue weighted by atomic mass is 32.2. The van der Waals surface area contributed by atoms with Gasteiger partial charge in [-0.3, -0.25) is 9.79 Å². The standard InChI is InChI=1S/C12H21N3OS/c1-7(2)10-6-17-12(15-10)13-8(3)11(16)14-9-4-5-9/h7-10H,4-6H2,1-3H3,(H,13,15)(H,14,16). The zero-order chi connectivity index (χ0) is 12.4. The lowest BCUT2D eigenvalue weighted by molar-refractivity contribution is -0.122. The molecule has 0 spiro atoms. The number of hydrogen-bond donors (Lipinski definition) is 2. The number of hydrogen-bond acceptors (Lipinski definition) is 4. The Hall–Kier alpha value is -0.710. The van der Waals surface area contributed by atoms with Crippen LogP contribution in [-0.4, -0.2) is 35.0 Å². The largest absolute Gasteiger partial charge is 0.353 e. The molecule has 0 radical (unpaired) electrons. The molecule has 4 nitrogen and oxygen atoms in total. The molecule has 0 saturated heterocycles. The first-order valence-corrected chi connectivity index (χ1v) is 7.32. The number of amides is 1. The summed E-state index contributed by atoms with van der Waals surface area (Å²) in [4.78, 5) is 16.4. The predicted octanol–water partition coefficient (Wildman–Crippen LogP) is 1.37. The van der Waals surface area contributed by atoms with Gasteiger partial charge in [0.2, 0.25) is 5.91 Å². The van der Waals surface area contributed by atoms with E-state index in [-0.39, 0.29) is 11.9 Å². The van der Waals surface area contributed by atoms with Crippen LogP contribution in [0.15, 0.2) is 4.99 Å². The lowest BCUT2D eigenvalue weighted by Crippen LogP contribution is -2.44. The Labute approximate surface area is 107 Å². The highest BCUT2D eigenvalue weighted by molar-refractivity contribution is 8.14. The quantitative estimate of drug-likeness (QED) is 0.798. The molecule has 0 bridgehead atoms. The molecule has 2 N–H and O–H groups in total. The van der Waals surface area contributed by atoms with E-state index >= 15 is 0 Å². The minimum Gasteiger partial charge on any atom is -0.353 e. The van der Waals surface area contributed by atoms with E-state index in [1.165, 1.54) is 0 Å². The predicted molar refractivity (Wildman–Crippen MR) is 72.3 cm³/mol. The van der Waals surface area contributed by atoms with E-state index in [0.717, 1.165) is 23.8 Å². The summed E-state index contributed by atoms with van der Waals surface area (Å²) in [6.45, 7) is 6.26. The Morgan fingerprint density at radius 1 is 1.41 bits per heavy atom. The third-order valence-corrected chi connectivity index (χ3v) is 4.11. The second-order valence-corrected chi connectivity index (χ2v) is 6.21. The Morgan fingerprint density at radius 2 is 2.12 bits per heavy atom. The van der Waals surface area contributed by atoms with Crippen molar-refractivity contribution in [2.24, 2.45) is 10.9 Å². The van der Waals surface area contributed by atoms with Crippen molar-refractivity contribution in [1.29, 1.82) is 0 Å². The van der Waals surface area contributed by atoms with Gasteiger partial charge in [0.25, 0.3) is 0 Å². The van der Waals surface area contributed by atoms with Crippen molar-refractivity contribution < 1.29 is 4.79 Å². The van der Waals surface area contributed by atoms with Crippen LogP contribution < -0.4 is 10.6 Å². The van der Waals surface area contributed by atoms with Crippen molar-refractivity contribution in [2.45, 2.75) is 51.7 Å². The molecule has 96 valence electrons. The van der Waals surface area contributed by atoms with Crippen molar-refractivity contribution >= 4 is 22.8 Å². The van der Waals surface area contributed by atoms with Crippen LogP contribution in [0.1, 0.15) is 33.6 Å². The van der Waals surface area contributed by atoms with E-state index in [1.54, 1.807) is 11.8 Å². The van der Waals surface area contributed by atoms with Gasteiger partial charge in [0.1, 0.15) is 6.04 Å². The van der Waals surface area contributed by atoms with Gasteiger partial charge in [-0.25, -0.2) is 0 Å². The Morgan fingerprint density at radius 3 is 2.65 bits per heavy atom. The molecule has 1 amide bonds. The molecule has 1 aliphatic carbocycles. The van der Waals surface area contributed by atoms with Crippen LogP contribution >= 0.6 is 11.8 Å². The molecular weight excluding hydrogens is 234 g/mol. The van der Waals surface area contributed by atoms with Crippen LogP contribution in [0.4, 0.5) is 0 Å². The minimum atomic E-state index is -0.187. The number of aliphatic imine (C=N–C) groups is 1. The molecule has 0 aromatic rings. The van der Waals surface area contributed by atoms with Crippen molar-refractivity contribution in [3.63, 3.8) is 0 Å². The number of rotatable bonds is 4. The van der Waals surface area contributed by atoms with Crippen LogP contribution in [0.5, 0.6) is 0 Å². The molecule has 1 heterocycles. The molecule has 2 unspecified atom stereocenters. The topological polar surface area (TPSA) is 53.5 Å². The molecule has 2 atom stereocenters. The minimum absolute atomic E-state index is 0.0868. The SMILES string of the molecule is CC(NC1=NC(C(C)C)CS1)C(=O)NC1CC1. The average molecular weight is 255 g/mol. The van der Waals surface area contributed by atoms with Crippen LogP contribution in [0.25, 0.3) is 0 Å². The fraction of sp³-hybridized carbons (Fsp3) is 0.833. The maximum absolute atomic E-state index is 11.8. The molecule has 0 aromatic carbocycles. The van der Waals surface area contributed by atoms with Gasteiger partial charge >= 0.3 is 0 Å². The Bertz CT molecular complexity index is 326. The second kappa shape index (κ2) is 5.29. The maximum atomic E-state index is 11.8. The van der Waals surface area contributed by atoms with Gasteiger partial charge < -0.3 is 10.6 Å². The third kappa shape index (κ3) is 3.63. The molecule has 2 aliphatic rings. The smallest absolute Gasteiger partial charge is 0.242 e. The van der Waals surface area contributed by atoms with Gasteiger partial charge in [0.05, 0.1) is 6.04 Å². The van der Waals surface area contributed by atoms with Crippen molar-refractivity contribution in [1.82, 2.24) is 10.6 Å². The van der Waals surface area contributed by atoms with Crippen LogP contribution in [0.3, 0.4) is 0 Å². The zero-order valence-electron chi connectivity index (χ0n) is 10.7. The Kier molecular flexibility index (Phi) is 3.97. The number of carbonyl (C=O) groups excluding carboxylic acids is 1. The van der Waals surface area contributed by atoms with Crippen LogP contribution in [0, 0.1) is 5.92 Å². The molecule has 1 fully saturated rings. The molecule has 1 aliphatic heterocycles. The third-order valence-electron chi connectivity index (χ3n) is 3.10. The molecule has 17 heavy (non-hydrogen) atoms. The highest BCUT2D eigenvalue weighted by Gasteiger charge is 2.27. The highest BCUT2D eigenvalue weighted by Crippen LogP contribution is 2.22. The van der Waals surface area contributed by atoms with E-state index in [2.05, 4.69) is 29.5 Å². The normalized spacial score (nSPS) is 25.6. The number of amidine groups is 1. The van der Waals surface area contributed by atoms with Gasteiger partial charge in [-0.2, -0.15) is 0 Å². The van der Waals surface area contributed by atoms with Gasteiger partial charge in [0, 0.05) is 11.8 Å². The summed E-state index contributed by atoms with van der Waals surface area (Å²) in [6, 6.07) is 0.627. The number of nitrogens with one attached hydrogen (secondary N) is 2. The first-order chi connectivity index (χ1) is 8.06. The number of thioether (sulfide) groups is 1. The molecule has 0 aromatic heterocycles. The monoisotopic (exact) mass is 255 g/mol. The maximum Gasteiger partial charge on any atom is 0.242 e. The van der Waals surface area contributed by atoms with E-state index in [1.807, 2.05) is 6.92 Å². The average Bonchev–Trinajstić information content (AvgIpc) is 2.94. The lowest BCUT2D eigenvalue weighted by atomic mass is 10.1. The fourth-order valence-corrected chi connectivity index (χ4v) is 2.87. The zero-order valence-corrected chi connectivity index (χ0v) is 11.5. The molecule has 1 saturated carbocycles. The molecule has 5 heteroatoms. The molecule has 2 rings (SSSR count). The summed E-state index contributed by atoms with van der Waals surface area (Å²) in [7, 11) is 0. The summed E-state index contributed by atoms with van der Waals surface area (Å²) in [5, 5.41) is 7.11. The summed E-state index contributed by atoms with van der Waals surface area (Å²) < 4.78 is 0. The van der Waals surface area contributed by atoms with E-state index in [4.69, 9.17) is 0 Å². The van der Waals surface area contributed by atoms with E-state index in [0.29, 0.717) is 18.0 Å². The molecular formula is C12H21N3OS. The lowest BCUT2D eigenvalue weighted by Gasteiger charge is -2.14. The fourth-order valence-electron chi connectivity index (χ4n) is 1.61. The summed E-state index contributed by atoms with van der Waals surface area (Å²) in [6.07, 6.45) is 2.26. The van der Waals surface area contributed by atoms with Gasteiger partial charge in [-0.15, -0.1) is 0 Å². The number of carbonyl (C=O) groups is 1. The van der Waals surface area contributed by atoms with Gasteiger partial charge in [-0.1, -0.05) is 25.6 Å². The summed E-state index contributed by atoms with van der Waals surface area (Å²) >= 11 is 1.72. The summed E-state index contributed by atoms with van der Waals surface area (Å²) in [5.74, 6) is 1.68. The second-order valence-electron chi connectivity index (χ2n) is 5.21. The van der Waals surface area contributed by atoms with Crippen molar-refractivity contribution in [3.8, 4) is 0 Å². The van der Waals surface area contributed by atoms with Gasteiger partial charge in [0.15, 0.2) is 5.17 Å². The van der Waals surface area contributed by atoms with Crippen molar-refractivity contribution in [2.75, 3.05) is 5.75 Å². The van der Waals surface area contributed by atoms with E-state index in [9.17, 15) is 4.79 Å². The van der Waals surface area contributed by atoms with Crippen molar-refractivity contribution in [3.05, 3.63) is 0 Å². The van der Waals surface area contributed by atoms with Gasteiger partial charge in [-0.05, 0) is 25.7 Å². The Balaban J connectivity index is 1.79. The first-order valence-electron chi connectivity index (χ1n) is 6.33. The summed E-state index contributed by atoms with van der Waals surface area (Å²) in [5.41, 5.74) is 0. The number of nitrogens with zero attached hydrogens (tertiary/aromatic N) is 1.